The molecule has 0 saturated carbocycles. The van der Waals surface area contributed by atoms with Crippen molar-refractivity contribution in [1.82, 2.24) is 0 Å². The second-order valence-corrected chi connectivity index (χ2v) is 8.87. The molecule has 0 fully saturated rings. The minimum Gasteiger partial charge on any atom is -0.454 e. The number of benzene rings is 3. The Morgan fingerprint density at radius 3 is 2.28 bits per heavy atom. The van der Waals surface area contributed by atoms with Crippen molar-refractivity contribution >= 4 is 21.9 Å². The molecule has 6 nitrogen and oxygen atoms in total. The van der Waals surface area contributed by atoms with Crippen LogP contribution in [0.2, 0.25) is 0 Å². The van der Waals surface area contributed by atoms with Crippen LogP contribution in [0.4, 0.5) is 0 Å². The fraction of sp³-hybridized carbons (Fsp3) is 0.200. The first-order valence-corrected chi connectivity index (χ1v) is 11.5. The van der Waals surface area contributed by atoms with Crippen molar-refractivity contribution in [3.63, 3.8) is 0 Å². The molecule has 32 heavy (non-hydrogen) atoms. The highest BCUT2D eigenvalue weighted by Gasteiger charge is 2.24. The van der Waals surface area contributed by atoms with E-state index in [2.05, 4.69) is 0 Å². The molecule has 0 bridgehead atoms. The molecular formula is C25H24O6S. The molecule has 0 aliphatic rings. The van der Waals surface area contributed by atoms with E-state index in [1.165, 1.54) is 18.2 Å². The van der Waals surface area contributed by atoms with Gasteiger partial charge >= 0.3 is 16.1 Å². The smallest absolute Gasteiger partial charge is 0.342 e. The summed E-state index contributed by atoms with van der Waals surface area (Å²) < 4.78 is 36.1. The molecule has 3 aromatic carbocycles. The lowest BCUT2D eigenvalue weighted by atomic mass is 10.1. The largest absolute Gasteiger partial charge is 0.454 e. The number of rotatable bonds is 8. The van der Waals surface area contributed by atoms with Gasteiger partial charge in [0.2, 0.25) is 0 Å². The second-order valence-electron chi connectivity index (χ2n) is 7.35. The zero-order valence-electron chi connectivity index (χ0n) is 18.1. The van der Waals surface area contributed by atoms with E-state index in [1.54, 1.807) is 50.2 Å². The average molecular weight is 453 g/mol. The van der Waals surface area contributed by atoms with E-state index in [1.807, 2.05) is 19.1 Å². The summed E-state index contributed by atoms with van der Waals surface area (Å²) in [6.45, 7) is 4.98. The van der Waals surface area contributed by atoms with Gasteiger partial charge in [-0.2, -0.15) is 8.42 Å². The monoisotopic (exact) mass is 452 g/mol. The van der Waals surface area contributed by atoms with Crippen molar-refractivity contribution in [2.45, 2.75) is 32.1 Å². The van der Waals surface area contributed by atoms with Crippen molar-refractivity contribution in [3.8, 4) is 5.75 Å². The number of esters is 1. The summed E-state index contributed by atoms with van der Waals surface area (Å²) in [5, 5.41) is 0. The lowest BCUT2D eigenvalue weighted by molar-refractivity contribution is 0.0473. The van der Waals surface area contributed by atoms with Gasteiger partial charge in [-0.25, -0.2) is 4.79 Å². The van der Waals surface area contributed by atoms with Crippen molar-refractivity contribution in [2.24, 2.45) is 0 Å². The standard InChI is InChI=1S/C25H24O6S/c1-4-19-11-13-20(14-12-19)22(26)16-30-25(27)21-7-5-6-8-23(21)31-32(28,29)24-15-17(2)9-10-18(24)3/h5-15H,4,16H2,1-3H3. The number of ketones is 1. The van der Waals surface area contributed by atoms with Crippen LogP contribution in [-0.4, -0.2) is 26.8 Å². The van der Waals surface area contributed by atoms with Crippen molar-refractivity contribution < 1.29 is 26.9 Å². The summed E-state index contributed by atoms with van der Waals surface area (Å²) in [6.07, 6.45) is 0.852. The maximum atomic E-state index is 12.8. The summed E-state index contributed by atoms with van der Waals surface area (Å²) in [6, 6.07) is 17.9. The molecule has 0 atom stereocenters. The molecule has 0 aliphatic carbocycles. The molecule has 0 heterocycles. The Balaban J connectivity index is 1.76. The molecule has 3 rings (SSSR count). The molecule has 0 amide bonds. The van der Waals surface area contributed by atoms with E-state index in [-0.39, 0.29) is 22.0 Å². The Kier molecular flexibility index (Phi) is 7.10. The van der Waals surface area contributed by atoms with Gasteiger partial charge in [0.05, 0.1) is 0 Å². The van der Waals surface area contributed by atoms with Gasteiger partial charge in [-0.1, -0.05) is 55.5 Å². The molecule has 0 spiro atoms. The highest BCUT2D eigenvalue weighted by Crippen LogP contribution is 2.26. The first-order chi connectivity index (χ1) is 15.2. The van der Waals surface area contributed by atoms with Crippen molar-refractivity contribution in [1.29, 1.82) is 0 Å². The second kappa shape index (κ2) is 9.78. The predicted octanol–water partition coefficient (Wildman–Crippen LogP) is 4.67. The third-order valence-electron chi connectivity index (χ3n) is 4.94. The van der Waals surface area contributed by atoms with Gasteiger partial charge in [-0.05, 0) is 55.2 Å². The van der Waals surface area contributed by atoms with Gasteiger partial charge in [-0.15, -0.1) is 0 Å². The van der Waals surface area contributed by atoms with Crippen LogP contribution in [0.3, 0.4) is 0 Å². The van der Waals surface area contributed by atoms with Gasteiger partial charge in [0.25, 0.3) is 0 Å². The molecule has 0 aromatic heterocycles. The Hall–Kier alpha value is -3.45. The number of para-hydroxylation sites is 1. The highest BCUT2D eigenvalue weighted by atomic mass is 32.2. The maximum Gasteiger partial charge on any atom is 0.342 e. The van der Waals surface area contributed by atoms with Gasteiger partial charge in [-0.3, -0.25) is 4.79 Å². The molecule has 0 N–H and O–H groups in total. The summed E-state index contributed by atoms with van der Waals surface area (Å²) in [4.78, 5) is 25.0. The molecule has 0 radical (unpaired) electrons. The number of hydrogen-bond donors (Lipinski definition) is 0. The fourth-order valence-electron chi connectivity index (χ4n) is 3.07. The molecule has 7 heteroatoms. The summed E-state index contributed by atoms with van der Waals surface area (Å²) in [5.74, 6) is -1.38. The maximum absolute atomic E-state index is 12.8. The first-order valence-electron chi connectivity index (χ1n) is 10.1. The van der Waals surface area contributed by atoms with E-state index >= 15 is 0 Å². The topological polar surface area (TPSA) is 86.7 Å². The van der Waals surface area contributed by atoms with Gasteiger partial charge in [0, 0.05) is 5.56 Å². The molecule has 3 aromatic rings. The molecule has 0 saturated heterocycles. The van der Waals surface area contributed by atoms with E-state index in [9.17, 15) is 18.0 Å². The van der Waals surface area contributed by atoms with Crippen LogP contribution in [-0.2, 0) is 21.3 Å². The normalized spacial score (nSPS) is 11.1. The Labute approximate surface area is 187 Å². The third-order valence-corrected chi connectivity index (χ3v) is 6.32. The number of Topliss-reactive ketones (excluding diaryl/α,β-unsaturated/α-hetero) is 1. The summed E-state index contributed by atoms with van der Waals surface area (Å²) in [5.41, 5.74) is 2.72. The third kappa shape index (κ3) is 5.42. The van der Waals surface area contributed by atoms with Gasteiger partial charge in [0.15, 0.2) is 18.1 Å². The molecule has 0 aliphatic heterocycles. The SMILES string of the molecule is CCc1ccc(C(=O)COC(=O)c2ccccc2OS(=O)(=O)c2cc(C)ccc2C)cc1. The average Bonchev–Trinajstić information content (AvgIpc) is 2.79. The minimum absolute atomic E-state index is 0.0198. The van der Waals surface area contributed by atoms with Crippen LogP contribution >= 0.6 is 0 Å². The van der Waals surface area contributed by atoms with E-state index < -0.39 is 22.7 Å². The molecule has 0 unspecified atom stereocenters. The number of hydrogen-bond acceptors (Lipinski definition) is 6. The minimum atomic E-state index is -4.18. The fourth-order valence-corrected chi connectivity index (χ4v) is 4.33. The van der Waals surface area contributed by atoms with Crippen LogP contribution < -0.4 is 4.18 Å². The van der Waals surface area contributed by atoms with Gasteiger partial charge < -0.3 is 8.92 Å². The van der Waals surface area contributed by atoms with Crippen LogP contribution in [0, 0.1) is 13.8 Å². The lowest BCUT2D eigenvalue weighted by Gasteiger charge is -2.13. The zero-order valence-corrected chi connectivity index (χ0v) is 18.9. The summed E-state index contributed by atoms with van der Waals surface area (Å²) in [7, 11) is -4.18. The van der Waals surface area contributed by atoms with Gasteiger partial charge in [0.1, 0.15) is 10.5 Å². The lowest BCUT2D eigenvalue weighted by Crippen LogP contribution is -2.17. The number of aryl methyl sites for hydroxylation is 3. The zero-order chi connectivity index (χ0) is 23.3. The number of carbonyl (C=O) groups excluding carboxylic acids is 2. The van der Waals surface area contributed by atoms with Crippen LogP contribution in [0.25, 0.3) is 0 Å². The number of ether oxygens (including phenoxy) is 1. The van der Waals surface area contributed by atoms with Crippen LogP contribution in [0.5, 0.6) is 5.75 Å². The molecular weight excluding hydrogens is 428 g/mol. The first kappa shape index (κ1) is 23.2. The molecule has 166 valence electrons. The Bertz CT molecular complexity index is 1240. The quantitative estimate of drug-likeness (QED) is 0.280. The predicted molar refractivity (Wildman–Crippen MR) is 121 cm³/mol. The van der Waals surface area contributed by atoms with Crippen molar-refractivity contribution in [3.05, 3.63) is 94.5 Å². The van der Waals surface area contributed by atoms with E-state index in [0.29, 0.717) is 11.1 Å². The number of carbonyl (C=O) groups is 2. The Morgan fingerprint density at radius 2 is 1.59 bits per heavy atom. The highest BCUT2D eigenvalue weighted by molar-refractivity contribution is 7.87. The Morgan fingerprint density at radius 1 is 0.906 bits per heavy atom. The van der Waals surface area contributed by atoms with Crippen molar-refractivity contribution in [2.75, 3.05) is 6.61 Å². The summed E-state index contributed by atoms with van der Waals surface area (Å²) >= 11 is 0. The van der Waals surface area contributed by atoms with Crippen LogP contribution in [0.15, 0.2) is 71.6 Å². The van der Waals surface area contributed by atoms with E-state index in [0.717, 1.165) is 17.5 Å². The van der Waals surface area contributed by atoms with E-state index in [4.69, 9.17) is 8.92 Å². The van der Waals surface area contributed by atoms with Crippen LogP contribution in [0.1, 0.15) is 44.3 Å².